The standard InChI is InChI=1S/C18H21ClFN3O/c1-21-18(23(2)11-14-4-3-5-16(19)9-14)22-10-13-6-7-17(20)15(8-13)12-24/h3-9,24H,10-12H2,1-2H3,(H,21,22). The van der Waals surface area contributed by atoms with Crippen LogP contribution in [0.1, 0.15) is 16.7 Å². The van der Waals surface area contributed by atoms with Crippen molar-refractivity contribution in [2.75, 3.05) is 14.1 Å². The summed E-state index contributed by atoms with van der Waals surface area (Å²) in [5.41, 5.74) is 2.24. The van der Waals surface area contributed by atoms with Crippen LogP contribution in [0.2, 0.25) is 5.02 Å². The van der Waals surface area contributed by atoms with Crippen molar-refractivity contribution in [3.63, 3.8) is 0 Å². The minimum atomic E-state index is -0.399. The molecule has 24 heavy (non-hydrogen) atoms. The molecule has 0 heterocycles. The van der Waals surface area contributed by atoms with E-state index in [-0.39, 0.29) is 12.2 Å². The SMILES string of the molecule is CN=C(NCc1ccc(F)c(CO)c1)N(C)Cc1cccc(Cl)c1. The average molecular weight is 350 g/mol. The Morgan fingerprint density at radius 1 is 1.25 bits per heavy atom. The molecule has 128 valence electrons. The van der Waals surface area contributed by atoms with Gasteiger partial charge in [0, 0.05) is 37.8 Å². The second-order valence-electron chi connectivity index (χ2n) is 5.47. The van der Waals surface area contributed by atoms with E-state index in [2.05, 4.69) is 10.3 Å². The number of hydrogen-bond acceptors (Lipinski definition) is 2. The second-order valence-corrected chi connectivity index (χ2v) is 5.91. The fourth-order valence-corrected chi connectivity index (χ4v) is 2.62. The number of benzene rings is 2. The maximum Gasteiger partial charge on any atom is 0.193 e. The molecule has 2 rings (SSSR count). The quantitative estimate of drug-likeness (QED) is 0.644. The molecule has 0 unspecified atom stereocenters. The molecule has 0 saturated carbocycles. The van der Waals surface area contributed by atoms with E-state index in [9.17, 15) is 4.39 Å². The van der Waals surface area contributed by atoms with E-state index in [4.69, 9.17) is 16.7 Å². The lowest BCUT2D eigenvalue weighted by Gasteiger charge is -2.22. The van der Waals surface area contributed by atoms with Crippen LogP contribution in [0.4, 0.5) is 4.39 Å². The summed E-state index contributed by atoms with van der Waals surface area (Å²) in [4.78, 5) is 6.23. The van der Waals surface area contributed by atoms with Crippen molar-refractivity contribution in [3.05, 3.63) is 70.0 Å². The molecular formula is C18H21ClFN3O. The summed E-state index contributed by atoms with van der Waals surface area (Å²) in [5.74, 6) is 0.313. The monoisotopic (exact) mass is 349 g/mol. The lowest BCUT2D eigenvalue weighted by molar-refractivity contribution is 0.275. The lowest BCUT2D eigenvalue weighted by atomic mass is 10.1. The first-order valence-corrected chi connectivity index (χ1v) is 7.95. The molecule has 0 fully saturated rings. The van der Waals surface area contributed by atoms with Crippen molar-refractivity contribution in [2.24, 2.45) is 4.99 Å². The molecule has 6 heteroatoms. The molecule has 0 saturated heterocycles. The van der Waals surface area contributed by atoms with Gasteiger partial charge in [0.2, 0.25) is 0 Å². The summed E-state index contributed by atoms with van der Waals surface area (Å²) >= 11 is 6.01. The smallest absolute Gasteiger partial charge is 0.193 e. The molecular weight excluding hydrogens is 329 g/mol. The zero-order chi connectivity index (χ0) is 17.5. The molecule has 0 aliphatic rings. The number of aliphatic imine (C=N–C) groups is 1. The number of aliphatic hydroxyl groups is 1. The molecule has 0 aliphatic heterocycles. The van der Waals surface area contributed by atoms with E-state index in [0.29, 0.717) is 24.1 Å². The Labute approximate surface area is 146 Å². The van der Waals surface area contributed by atoms with Gasteiger partial charge in [-0.2, -0.15) is 0 Å². The van der Waals surface area contributed by atoms with Gasteiger partial charge < -0.3 is 15.3 Å². The highest BCUT2D eigenvalue weighted by molar-refractivity contribution is 6.30. The number of nitrogens with zero attached hydrogens (tertiary/aromatic N) is 2. The Morgan fingerprint density at radius 2 is 2.04 bits per heavy atom. The van der Waals surface area contributed by atoms with Crippen LogP contribution in [0, 0.1) is 5.82 Å². The largest absolute Gasteiger partial charge is 0.392 e. The van der Waals surface area contributed by atoms with Crippen molar-refractivity contribution in [1.29, 1.82) is 0 Å². The topological polar surface area (TPSA) is 47.9 Å². The van der Waals surface area contributed by atoms with Crippen molar-refractivity contribution in [2.45, 2.75) is 19.7 Å². The van der Waals surface area contributed by atoms with Crippen LogP contribution >= 0.6 is 11.6 Å². The number of aliphatic hydroxyl groups excluding tert-OH is 1. The van der Waals surface area contributed by atoms with Crippen molar-refractivity contribution in [1.82, 2.24) is 10.2 Å². The molecule has 0 amide bonds. The summed E-state index contributed by atoms with van der Waals surface area (Å²) in [5, 5.41) is 13.1. The number of halogens is 2. The van der Waals surface area contributed by atoms with Gasteiger partial charge in [-0.3, -0.25) is 4.99 Å². The van der Waals surface area contributed by atoms with Crippen LogP contribution in [0.15, 0.2) is 47.5 Å². The third-order valence-corrected chi connectivity index (χ3v) is 3.85. The number of hydrogen-bond donors (Lipinski definition) is 2. The zero-order valence-corrected chi connectivity index (χ0v) is 14.5. The molecule has 0 aliphatic carbocycles. The van der Waals surface area contributed by atoms with E-state index < -0.39 is 5.82 Å². The van der Waals surface area contributed by atoms with Crippen molar-refractivity contribution < 1.29 is 9.50 Å². The highest BCUT2D eigenvalue weighted by Crippen LogP contribution is 2.13. The summed E-state index contributed by atoms with van der Waals surface area (Å²) in [7, 11) is 3.64. The van der Waals surface area contributed by atoms with Crippen LogP contribution in [0.3, 0.4) is 0 Å². The van der Waals surface area contributed by atoms with Crippen LogP contribution in [0.5, 0.6) is 0 Å². The van der Waals surface area contributed by atoms with Crippen LogP contribution < -0.4 is 5.32 Å². The predicted molar refractivity (Wildman–Crippen MR) is 95.4 cm³/mol. The van der Waals surface area contributed by atoms with Crippen LogP contribution in [0.25, 0.3) is 0 Å². The highest BCUT2D eigenvalue weighted by Gasteiger charge is 2.08. The first-order valence-electron chi connectivity index (χ1n) is 7.58. The van der Waals surface area contributed by atoms with Gasteiger partial charge >= 0.3 is 0 Å². The number of rotatable bonds is 5. The molecule has 2 aromatic carbocycles. The van der Waals surface area contributed by atoms with Gasteiger partial charge in [0.15, 0.2) is 5.96 Å². The Balaban J connectivity index is 1.99. The molecule has 2 N–H and O–H groups in total. The van der Waals surface area contributed by atoms with E-state index in [1.807, 2.05) is 36.2 Å². The molecule has 0 aromatic heterocycles. The van der Waals surface area contributed by atoms with E-state index >= 15 is 0 Å². The molecule has 0 radical (unpaired) electrons. The fraction of sp³-hybridized carbons (Fsp3) is 0.278. The Morgan fingerprint density at radius 3 is 2.71 bits per heavy atom. The van der Waals surface area contributed by atoms with Gasteiger partial charge in [0.25, 0.3) is 0 Å². The van der Waals surface area contributed by atoms with Gasteiger partial charge in [0.05, 0.1) is 6.61 Å². The minimum Gasteiger partial charge on any atom is -0.392 e. The molecule has 0 spiro atoms. The first kappa shape index (κ1) is 18.2. The number of nitrogens with one attached hydrogen (secondary N) is 1. The highest BCUT2D eigenvalue weighted by atomic mass is 35.5. The fourth-order valence-electron chi connectivity index (χ4n) is 2.41. The minimum absolute atomic E-state index is 0.288. The van der Waals surface area contributed by atoms with Crippen LogP contribution in [-0.4, -0.2) is 30.1 Å². The van der Waals surface area contributed by atoms with Crippen LogP contribution in [-0.2, 0) is 19.7 Å². The zero-order valence-electron chi connectivity index (χ0n) is 13.8. The lowest BCUT2D eigenvalue weighted by Crippen LogP contribution is -2.38. The first-order chi connectivity index (χ1) is 11.5. The van der Waals surface area contributed by atoms with Crippen molar-refractivity contribution >= 4 is 17.6 Å². The average Bonchev–Trinajstić information content (AvgIpc) is 2.56. The molecule has 4 nitrogen and oxygen atoms in total. The Kier molecular flexibility index (Phi) is 6.58. The van der Waals surface area contributed by atoms with E-state index in [1.54, 1.807) is 19.2 Å². The van der Waals surface area contributed by atoms with Gasteiger partial charge in [0.1, 0.15) is 5.82 Å². The van der Waals surface area contributed by atoms with Crippen molar-refractivity contribution in [3.8, 4) is 0 Å². The van der Waals surface area contributed by atoms with E-state index in [0.717, 1.165) is 11.1 Å². The molecule has 0 bridgehead atoms. The van der Waals surface area contributed by atoms with Gasteiger partial charge in [-0.15, -0.1) is 0 Å². The summed E-state index contributed by atoms with van der Waals surface area (Å²) in [6.07, 6.45) is 0. The maximum atomic E-state index is 13.4. The third-order valence-electron chi connectivity index (χ3n) is 3.61. The predicted octanol–water partition coefficient (Wildman–Crippen LogP) is 3.18. The summed E-state index contributed by atoms with van der Waals surface area (Å²) in [6, 6.07) is 12.4. The van der Waals surface area contributed by atoms with Gasteiger partial charge in [-0.25, -0.2) is 4.39 Å². The van der Waals surface area contributed by atoms with E-state index in [1.165, 1.54) is 6.07 Å². The van der Waals surface area contributed by atoms with Gasteiger partial charge in [-0.05, 0) is 35.4 Å². The van der Waals surface area contributed by atoms with Gasteiger partial charge in [-0.1, -0.05) is 29.8 Å². The third kappa shape index (κ3) is 4.94. The molecule has 2 aromatic rings. The Hall–Kier alpha value is -2.11. The Bertz CT molecular complexity index is 721. The molecule has 0 atom stereocenters. The normalized spacial score (nSPS) is 11.5. The summed E-state index contributed by atoms with van der Waals surface area (Å²) < 4.78 is 13.4. The second kappa shape index (κ2) is 8.66. The number of guanidine groups is 1. The maximum absolute atomic E-state index is 13.4. The summed E-state index contributed by atoms with van der Waals surface area (Å²) in [6.45, 7) is 0.828.